The third-order valence-electron chi connectivity index (χ3n) is 8.83. The predicted molar refractivity (Wildman–Crippen MR) is 97.3 cm³/mol. The molecular weight excluding hydrogens is 312 g/mol. The van der Waals surface area contributed by atoms with E-state index in [0.717, 1.165) is 36.9 Å². The molecule has 0 saturated heterocycles. The molecule has 25 heavy (non-hydrogen) atoms. The molecule has 0 amide bonds. The maximum atomic E-state index is 12.3. The van der Waals surface area contributed by atoms with E-state index in [-0.39, 0.29) is 29.2 Å². The lowest BCUT2D eigenvalue weighted by Crippen LogP contribution is -2.56. The topological polar surface area (TPSA) is 68.9 Å². The van der Waals surface area contributed by atoms with Gasteiger partial charge in [0.15, 0.2) is 0 Å². The van der Waals surface area contributed by atoms with Crippen LogP contribution in [0, 0.1) is 34.5 Å². The van der Waals surface area contributed by atoms with Crippen molar-refractivity contribution in [1.82, 2.24) is 10.2 Å². The van der Waals surface area contributed by atoms with E-state index in [2.05, 4.69) is 17.1 Å². The van der Waals surface area contributed by atoms with E-state index in [9.17, 15) is 9.90 Å². The van der Waals surface area contributed by atoms with Gasteiger partial charge in [-0.25, -0.2) is 0 Å². The van der Waals surface area contributed by atoms with Gasteiger partial charge in [0.25, 0.3) is 5.56 Å². The molecule has 0 aliphatic heterocycles. The predicted octanol–water partition coefficient (Wildman–Crippen LogP) is 3.41. The van der Waals surface area contributed by atoms with Gasteiger partial charge in [-0.3, -0.25) is 9.89 Å². The number of hydrogen-bond donors (Lipinski definition) is 3. The summed E-state index contributed by atoms with van der Waals surface area (Å²) in [5.74, 6) is 0.782. The van der Waals surface area contributed by atoms with Crippen molar-refractivity contribution in [3.8, 4) is 0 Å². The molecule has 3 N–H and O–H groups in total. The monoisotopic (exact) mass is 349 g/mol. The van der Waals surface area contributed by atoms with Crippen molar-refractivity contribution in [2.75, 3.05) is 0 Å². The molecule has 138 valence electrons. The lowest BCUT2D eigenvalue weighted by atomic mass is 9.44. The summed E-state index contributed by atoms with van der Waals surface area (Å²) in [5, 5.41) is 17.2. The van der Waals surface area contributed by atoms with Crippen LogP contribution in [0.3, 0.4) is 0 Å². The molecule has 1 aromatic heterocycles. The Balaban J connectivity index is 1.55. The summed E-state index contributed by atoms with van der Waals surface area (Å²) in [7, 11) is 0. The Hall–Kier alpha value is -1.03. The lowest BCUT2D eigenvalue weighted by molar-refractivity contribution is -0.139. The van der Waals surface area contributed by atoms with Gasteiger partial charge in [-0.05, 0) is 92.7 Å². The summed E-state index contributed by atoms with van der Waals surface area (Å²) in [6, 6.07) is 0. The summed E-state index contributed by atoms with van der Waals surface area (Å²) in [6.07, 6.45) is 2.72. The first-order chi connectivity index (χ1) is 13.8. The van der Waals surface area contributed by atoms with E-state index in [0.29, 0.717) is 24.7 Å². The quantitative estimate of drug-likeness (QED) is 0.672. The number of aromatic nitrogens is 2. The molecule has 4 aliphatic rings. The van der Waals surface area contributed by atoms with Crippen LogP contribution in [0.25, 0.3) is 0 Å². The fourth-order valence-corrected chi connectivity index (χ4v) is 7.16. The van der Waals surface area contributed by atoms with E-state index in [4.69, 9.17) is 6.85 Å². The first-order valence-electron chi connectivity index (χ1n) is 12.3. The molecule has 0 spiro atoms. The first kappa shape index (κ1) is 11.6. The van der Waals surface area contributed by atoms with Gasteiger partial charge >= 0.3 is 0 Å². The van der Waals surface area contributed by atoms with Crippen LogP contribution in [0.4, 0.5) is 0 Å². The molecule has 4 aliphatic carbocycles. The van der Waals surface area contributed by atoms with Gasteiger partial charge in [-0.1, -0.05) is 13.8 Å². The SMILES string of the molecule is [2H]C([2H])([2H])[C@]1(O)C([2H])([2H])C[C@H]2[C@@H]3CC[C@H]4Cc5[nH][nH]c(=O)c5C[C@]4(C)[C@H]3CC[C@@]21C. The van der Waals surface area contributed by atoms with Crippen molar-refractivity contribution >= 4 is 0 Å². The van der Waals surface area contributed by atoms with Crippen molar-refractivity contribution in [3.05, 3.63) is 21.6 Å². The minimum atomic E-state index is -2.77. The second-order valence-electron chi connectivity index (χ2n) is 9.62. The van der Waals surface area contributed by atoms with Crippen LogP contribution in [0.1, 0.15) is 77.3 Å². The number of fused-ring (bicyclic) bond motifs is 6. The van der Waals surface area contributed by atoms with Crippen molar-refractivity contribution in [2.24, 2.45) is 34.5 Å². The van der Waals surface area contributed by atoms with Crippen LogP contribution >= 0.6 is 0 Å². The van der Waals surface area contributed by atoms with Crippen molar-refractivity contribution in [2.45, 2.75) is 77.6 Å². The zero-order chi connectivity index (χ0) is 21.9. The standard InChI is InChI=1S/C21H32N2O2/c1-19-11-14-17(22-23-18(14)24)10-12(19)4-5-13-15(19)6-8-20(2)16(13)7-9-21(20,3)25/h12-13,15-16,25H,4-11H2,1-3H3,(H2,22,23,24)/t12-,13+,15-,16-,19-,20-,21-/m0/s1/i3D3,9D2. The molecule has 3 fully saturated rings. The molecule has 0 bridgehead atoms. The lowest BCUT2D eigenvalue weighted by Gasteiger charge is -2.60. The molecule has 4 nitrogen and oxygen atoms in total. The average molecular weight is 350 g/mol. The summed E-state index contributed by atoms with van der Waals surface area (Å²) >= 11 is 0. The second kappa shape index (κ2) is 4.82. The highest BCUT2D eigenvalue weighted by Gasteiger charge is 2.63. The Labute approximate surface area is 156 Å². The normalized spacial score (nSPS) is 56.8. The van der Waals surface area contributed by atoms with Gasteiger partial charge in [0, 0.05) is 18.1 Å². The van der Waals surface area contributed by atoms with Gasteiger partial charge in [-0.15, -0.1) is 0 Å². The minimum Gasteiger partial charge on any atom is -0.390 e. The Morgan fingerprint density at radius 2 is 2.04 bits per heavy atom. The van der Waals surface area contributed by atoms with E-state index < -0.39 is 24.2 Å². The maximum Gasteiger partial charge on any atom is 0.267 e. The van der Waals surface area contributed by atoms with Gasteiger partial charge in [0.1, 0.15) is 0 Å². The first-order valence-corrected chi connectivity index (χ1v) is 9.77. The highest BCUT2D eigenvalue weighted by Crippen LogP contribution is 2.67. The third kappa shape index (κ3) is 1.90. The van der Waals surface area contributed by atoms with Gasteiger partial charge < -0.3 is 10.2 Å². The zero-order valence-corrected chi connectivity index (χ0v) is 15.1. The number of aliphatic hydroxyl groups is 1. The molecule has 1 aromatic rings. The van der Waals surface area contributed by atoms with E-state index in [1.54, 1.807) is 0 Å². The molecular formula is C21H32N2O2. The van der Waals surface area contributed by atoms with Crippen molar-refractivity contribution in [1.29, 1.82) is 0 Å². The van der Waals surface area contributed by atoms with Crippen LogP contribution in [-0.2, 0) is 12.8 Å². The van der Waals surface area contributed by atoms with Crippen LogP contribution < -0.4 is 5.56 Å². The number of aromatic amines is 2. The molecule has 4 heteroatoms. The van der Waals surface area contributed by atoms with Crippen LogP contribution in [0.2, 0.25) is 0 Å². The van der Waals surface area contributed by atoms with Crippen LogP contribution in [0.15, 0.2) is 4.79 Å². The van der Waals surface area contributed by atoms with Crippen molar-refractivity contribution < 1.29 is 12.0 Å². The summed E-state index contributed by atoms with van der Waals surface area (Å²) < 4.78 is 41.2. The van der Waals surface area contributed by atoms with Crippen LogP contribution in [-0.4, -0.2) is 20.9 Å². The average Bonchev–Trinajstić information content (AvgIpc) is 3.07. The Morgan fingerprint density at radius 1 is 1.20 bits per heavy atom. The molecule has 1 heterocycles. The van der Waals surface area contributed by atoms with Crippen molar-refractivity contribution in [3.63, 3.8) is 0 Å². The van der Waals surface area contributed by atoms with E-state index >= 15 is 0 Å². The number of H-pyrrole nitrogens is 2. The highest BCUT2D eigenvalue weighted by atomic mass is 16.3. The fourth-order valence-electron chi connectivity index (χ4n) is 7.16. The van der Waals surface area contributed by atoms with E-state index in [1.165, 1.54) is 0 Å². The van der Waals surface area contributed by atoms with Gasteiger partial charge in [0.2, 0.25) is 0 Å². The smallest absolute Gasteiger partial charge is 0.267 e. The Kier molecular flexibility index (Phi) is 2.24. The van der Waals surface area contributed by atoms with E-state index in [1.807, 2.05) is 6.92 Å². The number of hydrogen-bond acceptors (Lipinski definition) is 2. The van der Waals surface area contributed by atoms with Gasteiger partial charge in [0.05, 0.1) is 5.60 Å². The zero-order valence-electron chi connectivity index (χ0n) is 20.1. The molecule has 0 radical (unpaired) electrons. The summed E-state index contributed by atoms with van der Waals surface area (Å²) in [4.78, 5) is 12.3. The molecule has 5 rings (SSSR count). The molecule has 0 unspecified atom stereocenters. The summed E-state index contributed by atoms with van der Waals surface area (Å²) in [6.45, 7) is 1.33. The maximum absolute atomic E-state index is 12.3. The number of nitrogens with one attached hydrogen (secondary N) is 2. The highest BCUT2D eigenvalue weighted by molar-refractivity contribution is 5.26. The second-order valence-corrected chi connectivity index (χ2v) is 9.62. The molecule has 7 atom stereocenters. The largest absolute Gasteiger partial charge is 0.390 e. The third-order valence-corrected chi connectivity index (χ3v) is 8.83. The number of rotatable bonds is 0. The summed E-state index contributed by atoms with van der Waals surface area (Å²) in [5.41, 5.74) is -1.53. The molecule has 3 saturated carbocycles. The minimum absolute atomic E-state index is 0.0403. The fraction of sp³-hybridized carbons (Fsp3) is 0.857. The van der Waals surface area contributed by atoms with Crippen LogP contribution in [0.5, 0.6) is 0 Å². The Morgan fingerprint density at radius 3 is 2.84 bits per heavy atom. The Bertz CT molecular complexity index is 939. The van der Waals surface area contributed by atoms with Gasteiger partial charge in [-0.2, -0.15) is 0 Å². The molecule has 0 aromatic carbocycles.